The second kappa shape index (κ2) is 5.61. The van der Waals surface area contributed by atoms with Crippen molar-refractivity contribution in [1.82, 2.24) is 5.32 Å². The minimum atomic E-state index is -0.169. The standard InChI is InChI=1S/C17H15NO2/c19-17(18-11-10-13-6-2-1-3-7-13)16-12-14-8-4-5-9-15(14)20-16/h1-9,12H,10-11H2,(H,18,19). The fraction of sp³-hybridized carbons (Fsp3) is 0.118. The van der Waals surface area contributed by atoms with Crippen LogP contribution in [0.5, 0.6) is 0 Å². The summed E-state index contributed by atoms with van der Waals surface area (Å²) in [6.07, 6.45) is 0.812. The average molecular weight is 265 g/mol. The molecule has 0 unspecified atom stereocenters. The molecule has 1 N–H and O–H groups in total. The third kappa shape index (κ3) is 2.72. The Morgan fingerprint density at radius 1 is 1.00 bits per heavy atom. The Balaban J connectivity index is 1.61. The van der Waals surface area contributed by atoms with Crippen LogP contribution >= 0.6 is 0 Å². The van der Waals surface area contributed by atoms with Crippen LogP contribution in [-0.2, 0) is 6.42 Å². The first-order chi connectivity index (χ1) is 9.83. The molecule has 0 spiro atoms. The maximum atomic E-state index is 12.0. The minimum Gasteiger partial charge on any atom is -0.451 e. The molecule has 0 aliphatic rings. The molecule has 0 saturated heterocycles. The summed E-state index contributed by atoms with van der Waals surface area (Å²) in [6, 6.07) is 19.4. The van der Waals surface area contributed by atoms with Gasteiger partial charge in [0.15, 0.2) is 5.76 Å². The Bertz CT molecular complexity index is 683. The van der Waals surface area contributed by atoms with Gasteiger partial charge in [0, 0.05) is 11.9 Å². The van der Waals surface area contributed by atoms with E-state index in [9.17, 15) is 4.79 Å². The van der Waals surface area contributed by atoms with E-state index in [1.807, 2.05) is 54.6 Å². The van der Waals surface area contributed by atoms with Crippen molar-refractivity contribution in [3.8, 4) is 0 Å². The summed E-state index contributed by atoms with van der Waals surface area (Å²) in [5.41, 5.74) is 1.94. The molecule has 0 bridgehead atoms. The normalized spacial score (nSPS) is 10.6. The number of benzene rings is 2. The molecule has 1 amide bonds. The number of carbonyl (C=O) groups is 1. The van der Waals surface area contributed by atoms with E-state index in [4.69, 9.17) is 4.42 Å². The van der Waals surface area contributed by atoms with Gasteiger partial charge in [-0.25, -0.2) is 0 Å². The molecule has 0 aliphatic heterocycles. The highest BCUT2D eigenvalue weighted by Gasteiger charge is 2.11. The molecule has 2 aromatic carbocycles. The molecule has 0 aliphatic carbocycles. The van der Waals surface area contributed by atoms with Gasteiger partial charge < -0.3 is 9.73 Å². The van der Waals surface area contributed by atoms with Crippen LogP contribution < -0.4 is 5.32 Å². The van der Waals surface area contributed by atoms with Gasteiger partial charge in [-0.1, -0.05) is 48.5 Å². The number of para-hydroxylation sites is 1. The van der Waals surface area contributed by atoms with Gasteiger partial charge in [-0.05, 0) is 24.1 Å². The van der Waals surface area contributed by atoms with Crippen LogP contribution in [-0.4, -0.2) is 12.5 Å². The first-order valence-corrected chi connectivity index (χ1v) is 6.63. The fourth-order valence-corrected chi connectivity index (χ4v) is 2.15. The smallest absolute Gasteiger partial charge is 0.287 e. The SMILES string of the molecule is O=C(NCCc1ccccc1)c1cc2ccccc2o1. The summed E-state index contributed by atoms with van der Waals surface area (Å²) in [5.74, 6) is 0.191. The Morgan fingerprint density at radius 2 is 1.75 bits per heavy atom. The average Bonchev–Trinajstić information content (AvgIpc) is 2.92. The summed E-state index contributed by atoms with van der Waals surface area (Å²) in [6.45, 7) is 0.597. The van der Waals surface area contributed by atoms with E-state index >= 15 is 0 Å². The van der Waals surface area contributed by atoms with Crippen molar-refractivity contribution in [2.45, 2.75) is 6.42 Å². The number of furan rings is 1. The van der Waals surface area contributed by atoms with E-state index in [1.54, 1.807) is 6.07 Å². The lowest BCUT2D eigenvalue weighted by Crippen LogP contribution is -2.25. The van der Waals surface area contributed by atoms with Crippen molar-refractivity contribution in [2.24, 2.45) is 0 Å². The number of fused-ring (bicyclic) bond motifs is 1. The number of hydrogen-bond acceptors (Lipinski definition) is 2. The first kappa shape index (κ1) is 12.5. The molecule has 3 rings (SSSR count). The molecular formula is C17H15NO2. The van der Waals surface area contributed by atoms with E-state index in [-0.39, 0.29) is 5.91 Å². The Kier molecular flexibility index (Phi) is 3.50. The summed E-state index contributed by atoms with van der Waals surface area (Å²) in [5, 5.41) is 3.82. The second-order valence-electron chi connectivity index (χ2n) is 4.64. The molecule has 20 heavy (non-hydrogen) atoms. The largest absolute Gasteiger partial charge is 0.451 e. The molecule has 0 radical (unpaired) electrons. The Labute approximate surface area is 117 Å². The lowest BCUT2D eigenvalue weighted by atomic mass is 10.1. The highest BCUT2D eigenvalue weighted by atomic mass is 16.3. The van der Waals surface area contributed by atoms with Gasteiger partial charge in [0.2, 0.25) is 0 Å². The lowest BCUT2D eigenvalue weighted by molar-refractivity contribution is 0.0928. The highest BCUT2D eigenvalue weighted by molar-refractivity contribution is 5.96. The van der Waals surface area contributed by atoms with Crippen molar-refractivity contribution < 1.29 is 9.21 Å². The summed E-state index contributed by atoms with van der Waals surface area (Å²) in [4.78, 5) is 12.0. The summed E-state index contributed by atoms with van der Waals surface area (Å²) < 4.78 is 5.52. The van der Waals surface area contributed by atoms with Gasteiger partial charge in [0.1, 0.15) is 5.58 Å². The maximum Gasteiger partial charge on any atom is 0.287 e. The topological polar surface area (TPSA) is 42.2 Å². The quantitative estimate of drug-likeness (QED) is 0.785. The molecule has 3 aromatic rings. The van der Waals surface area contributed by atoms with Crippen molar-refractivity contribution in [1.29, 1.82) is 0 Å². The first-order valence-electron chi connectivity index (χ1n) is 6.63. The van der Waals surface area contributed by atoms with Crippen LogP contribution in [0.4, 0.5) is 0 Å². The van der Waals surface area contributed by atoms with Gasteiger partial charge in [0.05, 0.1) is 0 Å². The van der Waals surface area contributed by atoms with Crippen LogP contribution in [0.25, 0.3) is 11.0 Å². The van der Waals surface area contributed by atoms with Crippen LogP contribution in [0.15, 0.2) is 65.1 Å². The minimum absolute atomic E-state index is 0.169. The summed E-state index contributed by atoms with van der Waals surface area (Å²) in [7, 11) is 0. The van der Waals surface area contributed by atoms with E-state index in [0.29, 0.717) is 12.3 Å². The zero-order valence-corrected chi connectivity index (χ0v) is 11.0. The molecule has 0 fully saturated rings. The lowest BCUT2D eigenvalue weighted by Gasteiger charge is -2.03. The van der Waals surface area contributed by atoms with Gasteiger partial charge in [0.25, 0.3) is 5.91 Å². The number of carbonyl (C=O) groups excluding carboxylic acids is 1. The van der Waals surface area contributed by atoms with E-state index < -0.39 is 0 Å². The Morgan fingerprint density at radius 3 is 2.55 bits per heavy atom. The monoisotopic (exact) mass is 265 g/mol. The fourth-order valence-electron chi connectivity index (χ4n) is 2.15. The predicted molar refractivity (Wildman–Crippen MR) is 78.7 cm³/mol. The van der Waals surface area contributed by atoms with Crippen molar-refractivity contribution in [3.63, 3.8) is 0 Å². The number of hydrogen-bond donors (Lipinski definition) is 1. The van der Waals surface area contributed by atoms with E-state index in [1.165, 1.54) is 5.56 Å². The predicted octanol–water partition coefficient (Wildman–Crippen LogP) is 3.41. The van der Waals surface area contributed by atoms with E-state index in [2.05, 4.69) is 5.32 Å². The van der Waals surface area contributed by atoms with E-state index in [0.717, 1.165) is 17.4 Å². The number of rotatable bonds is 4. The maximum absolute atomic E-state index is 12.0. The number of amides is 1. The van der Waals surface area contributed by atoms with Gasteiger partial charge in [-0.3, -0.25) is 4.79 Å². The third-order valence-corrected chi connectivity index (χ3v) is 3.19. The molecule has 1 heterocycles. The molecule has 1 aromatic heterocycles. The van der Waals surface area contributed by atoms with Crippen LogP contribution in [0, 0.1) is 0 Å². The van der Waals surface area contributed by atoms with Crippen molar-refractivity contribution >= 4 is 16.9 Å². The van der Waals surface area contributed by atoms with Gasteiger partial charge in [-0.2, -0.15) is 0 Å². The van der Waals surface area contributed by atoms with Crippen LogP contribution in [0.1, 0.15) is 16.1 Å². The number of nitrogens with one attached hydrogen (secondary N) is 1. The Hall–Kier alpha value is -2.55. The third-order valence-electron chi connectivity index (χ3n) is 3.19. The zero-order valence-electron chi connectivity index (χ0n) is 11.0. The van der Waals surface area contributed by atoms with Gasteiger partial charge >= 0.3 is 0 Å². The van der Waals surface area contributed by atoms with Crippen molar-refractivity contribution in [3.05, 3.63) is 72.0 Å². The van der Waals surface area contributed by atoms with Crippen molar-refractivity contribution in [2.75, 3.05) is 6.54 Å². The zero-order chi connectivity index (χ0) is 13.8. The molecule has 0 saturated carbocycles. The molecule has 3 heteroatoms. The van der Waals surface area contributed by atoms with Gasteiger partial charge in [-0.15, -0.1) is 0 Å². The molecule has 3 nitrogen and oxygen atoms in total. The molecule has 0 atom stereocenters. The highest BCUT2D eigenvalue weighted by Crippen LogP contribution is 2.18. The van der Waals surface area contributed by atoms with Crippen LogP contribution in [0.3, 0.4) is 0 Å². The van der Waals surface area contributed by atoms with Crippen LogP contribution in [0.2, 0.25) is 0 Å². The summed E-state index contributed by atoms with van der Waals surface area (Å²) >= 11 is 0. The molecule has 100 valence electrons. The second-order valence-corrected chi connectivity index (χ2v) is 4.64. The molecular weight excluding hydrogens is 250 g/mol.